The zero-order chi connectivity index (χ0) is 19.3. The third kappa shape index (κ3) is 4.58. The lowest BCUT2D eigenvalue weighted by Crippen LogP contribution is -2.30. The van der Waals surface area contributed by atoms with Gasteiger partial charge in [-0.1, -0.05) is 60.9 Å². The van der Waals surface area contributed by atoms with Crippen LogP contribution in [0.4, 0.5) is 5.13 Å². The summed E-state index contributed by atoms with van der Waals surface area (Å²) in [6.07, 6.45) is 7.20. The molecule has 1 saturated carbocycles. The van der Waals surface area contributed by atoms with Crippen molar-refractivity contribution in [2.45, 2.75) is 50.9 Å². The minimum Gasteiger partial charge on any atom is -0.342 e. The van der Waals surface area contributed by atoms with Gasteiger partial charge in [-0.3, -0.25) is 9.59 Å². The molecule has 2 heterocycles. The Kier molecular flexibility index (Phi) is 6.00. The SMILES string of the molecule is O=C(Nc1nnc(C2CCCCC2)s1)C1CC(=O)N(CCc2ccccc2)C1. The molecule has 1 aliphatic heterocycles. The fourth-order valence-corrected chi connectivity index (χ4v) is 5.00. The molecule has 0 spiro atoms. The first-order valence-corrected chi connectivity index (χ1v) is 11.0. The van der Waals surface area contributed by atoms with E-state index in [0.717, 1.165) is 24.3 Å². The van der Waals surface area contributed by atoms with Crippen LogP contribution >= 0.6 is 11.3 Å². The largest absolute Gasteiger partial charge is 0.342 e. The van der Waals surface area contributed by atoms with E-state index in [-0.39, 0.29) is 24.2 Å². The summed E-state index contributed by atoms with van der Waals surface area (Å²) < 4.78 is 0. The third-order valence-corrected chi connectivity index (χ3v) is 6.72. The van der Waals surface area contributed by atoms with E-state index in [1.807, 2.05) is 18.2 Å². The molecular formula is C21H26N4O2S. The van der Waals surface area contributed by atoms with Crippen LogP contribution in [-0.2, 0) is 16.0 Å². The quantitative estimate of drug-likeness (QED) is 0.806. The number of nitrogens with zero attached hydrogens (tertiary/aromatic N) is 3. The molecule has 4 rings (SSSR count). The number of benzene rings is 1. The Labute approximate surface area is 169 Å². The van der Waals surface area contributed by atoms with Crippen molar-refractivity contribution >= 4 is 28.3 Å². The van der Waals surface area contributed by atoms with Gasteiger partial charge in [0.2, 0.25) is 16.9 Å². The molecule has 0 radical (unpaired) electrons. The lowest BCUT2D eigenvalue weighted by molar-refractivity contribution is -0.128. The first-order chi connectivity index (χ1) is 13.7. The van der Waals surface area contributed by atoms with Gasteiger partial charge >= 0.3 is 0 Å². The van der Waals surface area contributed by atoms with Gasteiger partial charge in [0.15, 0.2) is 0 Å². The van der Waals surface area contributed by atoms with Crippen molar-refractivity contribution in [3.63, 3.8) is 0 Å². The Morgan fingerprint density at radius 2 is 1.93 bits per heavy atom. The monoisotopic (exact) mass is 398 g/mol. The number of carbonyl (C=O) groups is 2. The topological polar surface area (TPSA) is 75.2 Å². The second-order valence-corrected chi connectivity index (χ2v) is 8.76. The predicted molar refractivity (Wildman–Crippen MR) is 109 cm³/mol. The maximum Gasteiger partial charge on any atom is 0.231 e. The summed E-state index contributed by atoms with van der Waals surface area (Å²) in [7, 11) is 0. The average Bonchev–Trinajstić information content (AvgIpc) is 3.34. The minimum absolute atomic E-state index is 0.0521. The fraction of sp³-hybridized carbons (Fsp3) is 0.524. The summed E-state index contributed by atoms with van der Waals surface area (Å²) in [5.41, 5.74) is 1.20. The smallest absolute Gasteiger partial charge is 0.231 e. The molecule has 7 heteroatoms. The van der Waals surface area contributed by atoms with E-state index in [9.17, 15) is 9.59 Å². The molecule has 2 amide bonds. The molecule has 1 aliphatic carbocycles. The van der Waals surface area contributed by atoms with Crippen LogP contribution in [0.3, 0.4) is 0 Å². The van der Waals surface area contributed by atoms with Crippen LogP contribution in [0.1, 0.15) is 55.0 Å². The van der Waals surface area contributed by atoms with Gasteiger partial charge in [-0.25, -0.2) is 0 Å². The van der Waals surface area contributed by atoms with Gasteiger partial charge in [-0.05, 0) is 24.8 Å². The predicted octanol–water partition coefficient (Wildman–Crippen LogP) is 3.62. The van der Waals surface area contributed by atoms with Crippen LogP contribution in [0.5, 0.6) is 0 Å². The van der Waals surface area contributed by atoms with E-state index in [1.165, 1.54) is 36.2 Å². The van der Waals surface area contributed by atoms with Crippen LogP contribution in [0.15, 0.2) is 30.3 Å². The molecule has 1 aromatic heterocycles. The summed E-state index contributed by atoms with van der Waals surface area (Å²) >= 11 is 1.48. The van der Waals surface area contributed by atoms with Gasteiger partial charge in [-0.15, -0.1) is 10.2 Å². The molecular weight excluding hydrogens is 372 g/mol. The number of amides is 2. The van der Waals surface area contributed by atoms with Crippen molar-refractivity contribution in [3.05, 3.63) is 40.9 Å². The van der Waals surface area contributed by atoms with Crippen LogP contribution < -0.4 is 5.32 Å². The summed E-state index contributed by atoms with van der Waals surface area (Å²) in [6.45, 7) is 1.13. The number of nitrogens with one attached hydrogen (secondary N) is 1. The summed E-state index contributed by atoms with van der Waals surface area (Å²) in [5, 5.41) is 12.9. The molecule has 2 aliphatic rings. The zero-order valence-corrected chi connectivity index (χ0v) is 16.8. The minimum atomic E-state index is -0.315. The van der Waals surface area contributed by atoms with Crippen LogP contribution in [0, 0.1) is 5.92 Å². The number of aromatic nitrogens is 2. The second-order valence-electron chi connectivity index (χ2n) is 7.75. The Hall–Kier alpha value is -2.28. The Morgan fingerprint density at radius 3 is 2.71 bits per heavy atom. The number of likely N-dealkylation sites (tertiary alicyclic amines) is 1. The molecule has 2 aromatic rings. The molecule has 6 nitrogen and oxygen atoms in total. The van der Waals surface area contributed by atoms with Gasteiger partial charge in [0.25, 0.3) is 0 Å². The molecule has 2 fully saturated rings. The average molecular weight is 399 g/mol. The van der Waals surface area contributed by atoms with Crippen LogP contribution in [0.25, 0.3) is 0 Å². The standard InChI is InChI=1S/C21H26N4O2S/c26-18-13-17(14-25(18)12-11-15-7-3-1-4-8-15)19(27)22-21-24-23-20(28-21)16-9-5-2-6-10-16/h1,3-4,7-8,16-17H,2,5-6,9-14H2,(H,22,24,27). The Bertz CT molecular complexity index is 817. The van der Waals surface area contributed by atoms with Crippen molar-refractivity contribution in [2.75, 3.05) is 18.4 Å². The summed E-state index contributed by atoms with van der Waals surface area (Å²) in [4.78, 5) is 26.7. The fourth-order valence-electron chi connectivity index (χ4n) is 4.08. The van der Waals surface area contributed by atoms with Crippen molar-refractivity contribution in [1.82, 2.24) is 15.1 Å². The Balaban J connectivity index is 1.29. The highest BCUT2D eigenvalue weighted by Crippen LogP contribution is 2.35. The lowest BCUT2D eigenvalue weighted by Gasteiger charge is -2.18. The van der Waals surface area contributed by atoms with Crippen molar-refractivity contribution < 1.29 is 9.59 Å². The zero-order valence-electron chi connectivity index (χ0n) is 16.0. The van der Waals surface area contributed by atoms with Gasteiger partial charge in [0.05, 0.1) is 5.92 Å². The summed E-state index contributed by atoms with van der Waals surface area (Å²) in [6, 6.07) is 10.1. The third-order valence-electron chi connectivity index (χ3n) is 5.72. The number of rotatable bonds is 6. The first-order valence-electron chi connectivity index (χ1n) is 10.1. The normalized spacial score (nSPS) is 20.5. The van der Waals surface area contributed by atoms with Gasteiger partial charge in [-0.2, -0.15) is 0 Å². The molecule has 1 unspecified atom stereocenters. The highest BCUT2D eigenvalue weighted by atomic mass is 32.1. The number of hydrogen-bond donors (Lipinski definition) is 1. The van der Waals surface area contributed by atoms with Crippen molar-refractivity contribution in [1.29, 1.82) is 0 Å². The van der Waals surface area contributed by atoms with Crippen molar-refractivity contribution in [2.24, 2.45) is 5.92 Å². The van der Waals surface area contributed by atoms with Crippen LogP contribution in [-0.4, -0.2) is 40.0 Å². The molecule has 0 bridgehead atoms. The highest BCUT2D eigenvalue weighted by Gasteiger charge is 2.34. The lowest BCUT2D eigenvalue weighted by atomic mass is 9.90. The molecule has 1 N–H and O–H groups in total. The van der Waals surface area contributed by atoms with Crippen LogP contribution in [0.2, 0.25) is 0 Å². The molecule has 1 atom stereocenters. The number of anilines is 1. The van der Waals surface area contributed by atoms with E-state index >= 15 is 0 Å². The Morgan fingerprint density at radius 1 is 1.14 bits per heavy atom. The van der Waals surface area contributed by atoms with E-state index < -0.39 is 0 Å². The molecule has 28 heavy (non-hydrogen) atoms. The highest BCUT2D eigenvalue weighted by molar-refractivity contribution is 7.15. The molecule has 148 valence electrons. The maximum atomic E-state index is 12.6. The van der Waals surface area contributed by atoms with E-state index in [4.69, 9.17) is 0 Å². The van der Waals surface area contributed by atoms with Gasteiger partial charge in [0, 0.05) is 25.4 Å². The first kappa shape index (κ1) is 19.1. The van der Waals surface area contributed by atoms with Gasteiger partial charge in [0.1, 0.15) is 5.01 Å². The molecule has 1 aromatic carbocycles. The van der Waals surface area contributed by atoms with Gasteiger partial charge < -0.3 is 10.2 Å². The number of carbonyl (C=O) groups excluding carboxylic acids is 2. The van der Waals surface area contributed by atoms with E-state index in [2.05, 4.69) is 27.6 Å². The van der Waals surface area contributed by atoms with E-state index in [0.29, 0.717) is 24.1 Å². The summed E-state index contributed by atoms with van der Waals surface area (Å²) in [5.74, 6) is 0.0990. The molecule has 1 saturated heterocycles. The van der Waals surface area contributed by atoms with E-state index in [1.54, 1.807) is 4.90 Å². The maximum absolute atomic E-state index is 12.6. The van der Waals surface area contributed by atoms with Crippen molar-refractivity contribution in [3.8, 4) is 0 Å². The number of hydrogen-bond acceptors (Lipinski definition) is 5. The second kappa shape index (κ2) is 8.82.